The largest absolute Gasteiger partial charge is 0.392 e. The van der Waals surface area contributed by atoms with Gasteiger partial charge in [-0.3, -0.25) is 0 Å². The van der Waals surface area contributed by atoms with Crippen LogP contribution in [0.5, 0.6) is 0 Å². The number of rotatable bonds is 2. The van der Waals surface area contributed by atoms with E-state index in [0.717, 1.165) is 21.4 Å². The fourth-order valence-corrected chi connectivity index (χ4v) is 1.84. The van der Waals surface area contributed by atoms with E-state index in [1.807, 2.05) is 42.5 Å². The second-order valence-corrected chi connectivity index (χ2v) is 3.67. The van der Waals surface area contributed by atoms with Gasteiger partial charge in [0, 0.05) is 10.4 Å². The summed E-state index contributed by atoms with van der Waals surface area (Å²) in [5.74, 6) is 0. The fraction of sp³-hybridized carbons (Fsp3) is 0.0769. The van der Waals surface area contributed by atoms with E-state index in [4.69, 9.17) is 16.7 Å². The predicted octanol–water partition coefficient (Wildman–Crippen LogP) is 3.50. The van der Waals surface area contributed by atoms with Crippen LogP contribution >= 0.6 is 11.6 Å². The Balaban J connectivity index is 2.66. The molecule has 0 aliphatic carbocycles. The van der Waals surface area contributed by atoms with Gasteiger partial charge in [-0.1, -0.05) is 54.1 Å². The van der Waals surface area contributed by atoms with Gasteiger partial charge < -0.3 is 5.11 Å². The monoisotopic (exact) mass is 218 g/mol. The highest BCUT2D eigenvalue weighted by Gasteiger charge is 2.00. The Morgan fingerprint density at radius 1 is 1.07 bits per heavy atom. The minimum Gasteiger partial charge on any atom is -0.392 e. The Morgan fingerprint density at radius 3 is 2.53 bits per heavy atom. The molecule has 0 saturated heterocycles. The molecule has 2 heteroatoms. The molecule has 0 unspecified atom stereocenters. The summed E-state index contributed by atoms with van der Waals surface area (Å²) >= 11 is 6.09. The quantitative estimate of drug-likeness (QED) is 0.818. The molecule has 15 heavy (non-hydrogen) atoms. The molecular formula is C13H11ClO. The second kappa shape index (κ2) is 4.47. The maximum Gasteiger partial charge on any atom is 0.0615 e. The zero-order valence-electron chi connectivity index (χ0n) is 8.15. The molecule has 2 aromatic rings. The van der Waals surface area contributed by atoms with Gasteiger partial charge in [-0.15, -0.1) is 0 Å². The van der Waals surface area contributed by atoms with Gasteiger partial charge in [0.1, 0.15) is 0 Å². The number of aliphatic hydroxyl groups is 1. The van der Waals surface area contributed by atoms with E-state index in [0.29, 0.717) is 0 Å². The van der Waals surface area contributed by atoms with Crippen molar-refractivity contribution in [1.29, 1.82) is 0 Å². The van der Waals surface area contributed by atoms with Gasteiger partial charge in [-0.25, -0.2) is 0 Å². The summed E-state index contributed by atoms with van der Waals surface area (Å²) in [6, 6.07) is 11.8. The molecule has 0 radical (unpaired) electrons. The molecule has 0 aliphatic heterocycles. The Bertz CT molecular complexity index is 503. The average Bonchev–Trinajstić information content (AvgIpc) is 2.29. The summed E-state index contributed by atoms with van der Waals surface area (Å²) in [6.45, 7) is 0.0525. The van der Waals surface area contributed by atoms with Crippen LogP contribution in [0.2, 0.25) is 5.02 Å². The van der Waals surface area contributed by atoms with Gasteiger partial charge in [0.15, 0.2) is 0 Å². The first-order valence-electron chi connectivity index (χ1n) is 4.77. The highest BCUT2D eigenvalue weighted by Crippen LogP contribution is 2.26. The average molecular weight is 219 g/mol. The third-order valence-electron chi connectivity index (χ3n) is 2.31. The van der Waals surface area contributed by atoms with Crippen LogP contribution in [0.1, 0.15) is 5.56 Å². The zero-order valence-corrected chi connectivity index (χ0v) is 8.91. The van der Waals surface area contributed by atoms with Crippen molar-refractivity contribution < 1.29 is 5.11 Å². The zero-order chi connectivity index (χ0) is 10.7. The molecule has 0 heterocycles. The Labute approximate surface area is 93.6 Å². The summed E-state index contributed by atoms with van der Waals surface area (Å²) in [5.41, 5.74) is 1.07. The molecular weight excluding hydrogens is 208 g/mol. The van der Waals surface area contributed by atoms with Crippen LogP contribution in [0.4, 0.5) is 0 Å². The van der Waals surface area contributed by atoms with Crippen LogP contribution in [0.15, 0.2) is 42.5 Å². The van der Waals surface area contributed by atoms with Crippen LogP contribution in [-0.2, 0) is 0 Å². The number of hydrogen-bond acceptors (Lipinski definition) is 1. The normalized spacial score (nSPS) is 11.3. The molecule has 76 valence electrons. The minimum absolute atomic E-state index is 0.0525. The molecule has 0 spiro atoms. The van der Waals surface area contributed by atoms with Crippen LogP contribution in [-0.4, -0.2) is 11.7 Å². The van der Waals surface area contributed by atoms with E-state index in [9.17, 15) is 0 Å². The SMILES string of the molecule is OC/C=C/c1ccc(Cl)c2ccccc12. The molecule has 0 atom stereocenters. The third-order valence-corrected chi connectivity index (χ3v) is 2.64. The van der Waals surface area contributed by atoms with Gasteiger partial charge >= 0.3 is 0 Å². The van der Waals surface area contributed by atoms with Crippen molar-refractivity contribution in [2.45, 2.75) is 0 Å². The van der Waals surface area contributed by atoms with Crippen molar-refractivity contribution in [2.75, 3.05) is 6.61 Å². The Kier molecular flexibility index (Phi) is 3.05. The van der Waals surface area contributed by atoms with Gasteiger partial charge in [-0.05, 0) is 17.0 Å². The molecule has 0 saturated carbocycles. The lowest BCUT2D eigenvalue weighted by Crippen LogP contribution is -1.80. The Hall–Kier alpha value is -1.31. The summed E-state index contributed by atoms with van der Waals surface area (Å²) in [5, 5.41) is 11.6. The van der Waals surface area contributed by atoms with Crippen molar-refractivity contribution >= 4 is 28.4 Å². The Morgan fingerprint density at radius 2 is 1.80 bits per heavy atom. The number of hydrogen-bond donors (Lipinski definition) is 1. The highest BCUT2D eigenvalue weighted by atomic mass is 35.5. The van der Waals surface area contributed by atoms with Crippen LogP contribution in [0.25, 0.3) is 16.8 Å². The standard InChI is InChI=1S/C13H11ClO/c14-13-8-7-10(4-3-9-15)11-5-1-2-6-12(11)13/h1-8,15H,9H2/b4-3+. The lowest BCUT2D eigenvalue weighted by Gasteiger charge is -2.03. The topological polar surface area (TPSA) is 20.2 Å². The lowest BCUT2D eigenvalue weighted by molar-refractivity contribution is 0.343. The molecule has 1 nitrogen and oxygen atoms in total. The van der Waals surface area contributed by atoms with Crippen molar-refractivity contribution in [3.05, 3.63) is 53.1 Å². The van der Waals surface area contributed by atoms with Crippen LogP contribution < -0.4 is 0 Å². The van der Waals surface area contributed by atoms with Crippen LogP contribution in [0.3, 0.4) is 0 Å². The predicted molar refractivity (Wildman–Crippen MR) is 65.1 cm³/mol. The van der Waals surface area contributed by atoms with E-state index in [2.05, 4.69) is 0 Å². The third kappa shape index (κ3) is 2.04. The molecule has 0 amide bonds. The summed E-state index contributed by atoms with van der Waals surface area (Å²) in [7, 11) is 0. The molecule has 2 rings (SSSR count). The lowest BCUT2D eigenvalue weighted by atomic mass is 10.0. The van der Waals surface area contributed by atoms with Gasteiger partial charge in [0.25, 0.3) is 0 Å². The van der Waals surface area contributed by atoms with Crippen molar-refractivity contribution in [3.8, 4) is 0 Å². The van der Waals surface area contributed by atoms with E-state index >= 15 is 0 Å². The molecule has 2 aromatic carbocycles. The highest BCUT2D eigenvalue weighted by molar-refractivity contribution is 6.35. The number of benzene rings is 2. The molecule has 0 fully saturated rings. The van der Waals surface area contributed by atoms with E-state index in [1.165, 1.54) is 0 Å². The maximum absolute atomic E-state index is 8.74. The first-order valence-corrected chi connectivity index (χ1v) is 5.15. The van der Waals surface area contributed by atoms with Gasteiger partial charge in [0.05, 0.1) is 6.61 Å². The van der Waals surface area contributed by atoms with Gasteiger partial charge in [-0.2, -0.15) is 0 Å². The summed E-state index contributed by atoms with van der Waals surface area (Å²) < 4.78 is 0. The van der Waals surface area contributed by atoms with E-state index < -0.39 is 0 Å². The number of fused-ring (bicyclic) bond motifs is 1. The van der Waals surface area contributed by atoms with E-state index in [-0.39, 0.29) is 6.61 Å². The summed E-state index contributed by atoms with van der Waals surface area (Å²) in [6.07, 6.45) is 3.62. The molecule has 0 aromatic heterocycles. The fourth-order valence-electron chi connectivity index (χ4n) is 1.61. The van der Waals surface area contributed by atoms with Crippen molar-refractivity contribution in [2.24, 2.45) is 0 Å². The minimum atomic E-state index is 0.0525. The summed E-state index contributed by atoms with van der Waals surface area (Å²) in [4.78, 5) is 0. The smallest absolute Gasteiger partial charge is 0.0615 e. The van der Waals surface area contributed by atoms with Crippen molar-refractivity contribution in [3.63, 3.8) is 0 Å². The van der Waals surface area contributed by atoms with E-state index in [1.54, 1.807) is 6.08 Å². The van der Waals surface area contributed by atoms with Crippen LogP contribution in [0, 0.1) is 0 Å². The van der Waals surface area contributed by atoms with Gasteiger partial charge in [0.2, 0.25) is 0 Å². The number of aliphatic hydroxyl groups excluding tert-OH is 1. The second-order valence-electron chi connectivity index (χ2n) is 3.27. The van der Waals surface area contributed by atoms with Crippen molar-refractivity contribution in [1.82, 2.24) is 0 Å². The first kappa shape index (κ1) is 10.2. The first-order chi connectivity index (χ1) is 7.33. The molecule has 0 aliphatic rings. The molecule has 0 bridgehead atoms. The molecule has 1 N–H and O–H groups in total. The number of halogens is 1. The maximum atomic E-state index is 8.74.